The molecule has 7 nitrogen and oxygen atoms in total. The van der Waals surface area contributed by atoms with Gasteiger partial charge >= 0.3 is 5.97 Å². The van der Waals surface area contributed by atoms with E-state index in [1.54, 1.807) is 24.1 Å². The number of nitrogens with zero attached hydrogens (tertiary/aromatic N) is 2. The number of ether oxygens (including phenoxy) is 2. The topological polar surface area (TPSA) is 79.3 Å². The van der Waals surface area contributed by atoms with E-state index in [2.05, 4.69) is 0 Å². The maximum atomic E-state index is 13.6. The monoisotopic (exact) mass is 460 g/mol. The Labute approximate surface area is 193 Å². The van der Waals surface area contributed by atoms with Crippen molar-refractivity contribution in [1.82, 2.24) is 9.80 Å². The lowest BCUT2D eigenvalue weighted by Crippen LogP contribution is -2.66. The first kappa shape index (κ1) is 23.9. The second-order valence-electron chi connectivity index (χ2n) is 8.06. The van der Waals surface area contributed by atoms with Gasteiger partial charge in [0, 0.05) is 31.1 Å². The smallest absolute Gasteiger partial charge is 0.303 e. The van der Waals surface area contributed by atoms with Gasteiger partial charge in [-0.25, -0.2) is 0 Å². The van der Waals surface area contributed by atoms with Crippen molar-refractivity contribution < 1.29 is 24.2 Å². The molecule has 8 heteroatoms. The normalized spacial score (nSPS) is 18.0. The highest BCUT2D eigenvalue weighted by molar-refractivity contribution is 6.30. The van der Waals surface area contributed by atoms with Crippen LogP contribution in [0.5, 0.6) is 11.5 Å². The lowest BCUT2D eigenvalue weighted by atomic mass is 9.85. The number of carboxylic acid groups (broad SMARTS) is 1. The molecule has 0 aliphatic carbocycles. The van der Waals surface area contributed by atoms with Crippen molar-refractivity contribution in [2.24, 2.45) is 0 Å². The van der Waals surface area contributed by atoms with Gasteiger partial charge in [0.15, 0.2) is 11.5 Å². The molecule has 1 amide bonds. The SMILES string of the molecule is COc1ccccc1OCN1CCC1(C)C(=O)N(CCCC(=O)O)Cc1ccc(Cl)cc1. The van der Waals surface area contributed by atoms with Gasteiger partial charge in [-0.1, -0.05) is 35.9 Å². The molecule has 1 fully saturated rings. The summed E-state index contributed by atoms with van der Waals surface area (Å²) in [6, 6.07) is 14.7. The van der Waals surface area contributed by atoms with Crippen LogP contribution in [0.2, 0.25) is 5.02 Å². The summed E-state index contributed by atoms with van der Waals surface area (Å²) < 4.78 is 11.3. The highest BCUT2D eigenvalue weighted by Gasteiger charge is 2.49. The molecule has 172 valence electrons. The average molecular weight is 461 g/mol. The molecule has 1 aliphatic rings. The third-order valence-electron chi connectivity index (χ3n) is 5.86. The van der Waals surface area contributed by atoms with Crippen LogP contribution in [0.3, 0.4) is 0 Å². The molecule has 0 radical (unpaired) electrons. The van der Waals surface area contributed by atoms with E-state index in [1.165, 1.54) is 0 Å². The molecule has 1 aliphatic heterocycles. The number of hydrogen-bond donors (Lipinski definition) is 1. The number of hydrogen-bond acceptors (Lipinski definition) is 5. The quantitative estimate of drug-likeness (QED) is 0.545. The summed E-state index contributed by atoms with van der Waals surface area (Å²) in [5.74, 6) is 0.355. The summed E-state index contributed by atoms with van der Waals surface area (Å²) in [6.45, 7) is 3.67. The number of likely N-dealkylation sites (tertiary alicyclic amines) is 1. The van der Waals surface area contributed by atoms with Crippen molar-refractivity contribution in [3.05, 3.63) is 59.1 Å². The lowest BCUT2D eigenvalue weighted by Gasteiger charge is -2.50. The summed E-state index contributed by atoms with van der Waals surface area (Å²) in [4.78, 5) is 28.3. The minimum Gasteiger partial charge on any atom is -0.493 e. The van der Waals surface area contributed by atoms with Crippen LogP contribution < -0.4 is 9.47 Å². The Morgan fingerprint density at radius 3 is 2.44 bits per heavy atom. The highest BCUT2D eigenvalue weighted by Crippen LogP contribution is 2.34. The van der Waals surface area contributed by atoms with Crippen molar-refractivity contribution in [2.75, 3.05) is 26.9 Å². The molecular weight excluding hydrogens is 432 g/mol. The van der Waals surface area contributed by atoms with E-state index in [9.17, 15) is 9.59 Å². The Bertz CT molecular complexity index is 936. The van der Waals surface area contributed by atoms with E-state index in [4.69, 9.17) is 26.2 Å². The molecule has 0 aromatic heterocycles. The van der Waals surface area contributed by atoms with Gasteiger partial charge in [-0.3, -0.25) is 14.5 Å². The van der Waals surface area contributed by atoms with Crippen LogP contribution in [0.4, 0.5) is 0 Å². The molecule has 0 bridgehead atoms. The number of carbonyl (C=O) groups is 2. The number of rotatable bonds is 11. The van der Waals surface area contributed by atoms with Crippen LogP contribution in [0.1, 0.15) is 31.7 Å². The molecule has 0 spiro atoms. The van der Waals surface area contributed by atoms with Gasteiger partial charge in [0.1, 0.15) is 12.3 Å². The van der Waals surface area contributed by atoms with Crippen LogP contribution in [0.25, 0.3) is 0 Å². The summed E-state index contributed by atoms with van der Waals surface area (Å²) >= 11 is 5.98. The van der Waals surface area contributed by atoms with Crippen LogP contribution in [0.15, 0.2) is 48.5 Å². The Morgan fingerprint density at radius 1 is 1.16 bits per heavy atom. The maximum Gasteiger partial charge on any atom is 0.303 e. The first-order valence-corrected chi connectivity index (χ1v) is 11.0. The molecule has 2 aromatic rings. The Hall–Kier alpha value is -2.77. The molecule has 1 atom stereocenters. The van der Waals surface area contributed by atoms with E-state index in [0.29, 0.717) is 42.5 Å². The maximum absolute atomic E-state index is 13.6. The van der Waals surface area contributed by atoms with E-state index >= 15 is 0 Å². The van der Waals surface area contributed by atoms with Gasteiger partial charge in [0.25, 0.3) is 0 Å². The minimum atomic E-state index is -0.870. The fourth-order valence-electron chi connectivity index (χ4n) is 3.76. The lowest BCUT2D eigenvalue weighted by molar-refractivity contribution is -0.158. The average Bonchev–Trinajstić information content (AvgIpc) is 2.78. The van der Waals surface area contributed by atoms with Crippen LogP contribution >= 0.6 is 11.6 Å². The number of carboxylic acids is 1. The molecule has 3 rings (SSSR count). The summed E-state index contributed by atoms with van der Waals surface area (Å²) in [5.41, 5.74) is 0.232. The number of carbonyl (C=O) groups excluding carboxylic acids is 1. The fraction of sp³-hybridized carbons (Fsp3) is 0.417. The van der Waals surface area contributed by atoms with Crippen LogP contribution in [0, 0.1) is 0 Å². The largest absolute Gasteiger partial charge is 0.493 e. The van der Waals surface area contributed by atoms with Crippen LogP contribution in [-0.2, 0) is 16.1 Å². The number of methoxy groups -OCH3 is 1. The molecule has 32 heavy (non-hydrogen) atoms. The summed E-state index contributed by atoms with van der Waals surface area (Å²) in [5, 5.41) is 9.64. The van der Waals surface area contributed by atoms with Gasteiger partial charge < -0.3 is 19.5 Å². The van der Waals surface area contributed by atoms with Crippen molar-refractivity contribution in [3.8, 4) is 11.5 Å². The van der Waals surface area contributed by atoms with Gasteiger partial charge in [-0.2, -0.15) is 0 Å². The highest BCUT2D eigenvalue weighted by atomic mass is 35.5. The summed E-state index contributed by atoms with van der Waals surface area (Å²) in [6.07, 6.45) is 1.11. The molecule has 1 N–H and O–H groups in total. The molecule has 1 heterocycles. The van der Waals surface area contributed by atoms with Crippen molar-refractivity contribution in [1.29, 1.82) is 0 Å². The van der Waals surface area contributed by atoms with E-state index in [1.807, 2.05) is 48.2 Å². The molecule has 2 aromatic carbocycles. The second-order valence-corrected chi connectivity index (χ2v) is 8.50. The number of halogens is 1. The van der Waals surface area contributed by atoms with Gasteiger partial charge in [0.2, 0.25) is 5.91 Å². The second kappa shape index (κ2) is 10.7. The van der Waals surface area contributed by atoms with Crippen molar-refractivity contribution in [3.63, 3.8) is 0 Å². The van der Waals surface area contributed by atoms with E-state index in [-0.39, 0.29) is 19.1 Å². The van der Waals surface area contributed by atoms with Crippen molar-refractivity contribution in [2.45, 2.75) is 38.3 Å². The number of benzene rings is 2. The Balaban J connectivity index is 1.69. The van der Waals surface area contributed by atoms with Crippen LogP contribution in [-0.4, -0.2) is 59.3 Å². The minimum absolute atomic E-state index is 0.0156. The van der Waals surface area contributed by atoms with E-state index in [0.717, 1.165) is 12.1 Å². The zero-order chi connectivity index (χ0) is 23.1. The zero-order valence-corrected chi connectivity index (χ0v) is 19.2. The predicted molar refractivity (Wildman–Crippen MR) is 122 cm³/mol. The first-order valence-electron chi connectivity index (χ1n) is 10.6. The third kappa shape index (κ3) is 5.72. The number of para-hydroxylation sites is 2. The number of amides is 1. The van der Waals surface area contributed by atoms with Gasteiger partial charge in [0.05, 0.1) is 7.11 Å². The van der Waals surface area contributed by atoms with Gasteiger partial charge in [-0.15, -0.1) is 0 Å². The molecule has 0 saturated carbocycles. The molecule has 1 unspecified atom stereocenters. The van der Waals surface area contributed by atoms with Gasteiger partial charge in [-0.05, 0) is 49.6 Å². The van der Waals surface area contributed by atoms with E-state index < -0.39 is 11.5 Å². The predicted octanol–water partition coefficient (Wildman–Crippen LogP) is 4.04. The van der Waals surface area contributed by atoms with Crippen molar-refractivity contribution >= 4 is 23.5 Å². The Kier molecular flexibility index (Phi) is 7.99. The Morgan fingerprint density at radius 2 is 1.84 bits per heavy atom. The molecular formula is C24H29ClN2O5. The summed E-state index contributed by atoms with van der Waals surface area (Å²) in [7, 11) is 1.59. The fourth-order valence-corrected chi connectivity index (χ4v) is 3.89. The zero-order valence-electron chi connectivity index (χ0n) is 18.4. The number of aliphatic carboxylic acids is 1. The first-order chi connectivity index (χ1) is 15.3. The third-order valence-corrected chi connectivity index (χ3v) is 6.12. The molecule has 1 saturated heterocycles. The standard InChI is InChI=1S/C24H29ClN2O5/c1-24(13-15-27(24)17-32-21-7-4-3-6-20(21)31-2)23(30)26(14-5-8-22(28)29)16-18-9-11-19(25)12-10-18/h3-4,6-7,9-12H,5,8,13-17H2,1-2H3,(H,28,29).